The maximum absolute atomic E-state index is 13.4. The third-order valence-electron chi connectivity index (χ3n) is 5.09. The zero-order valence-electron chi connectivity index (χ0n) is 16.1. The molecule has 2 aromatic rings. The number of aliphatic imine (C=N–C) groups is 1. The van der Waals surface area contributed by atoms with Crippen LogP contribution in [0.2, 0.25) is 10.0 Å². The van der Waals surface area contributed by atoms with Crippen LogP contribution in [0, 0.1) is 0 Å². The number of carbonyl (C=O) groups is 1. The Morgan fingerprint density at radius 1 is 1.12 bits per heavy atom. The fraction of sp³-hybridized carbons (Fsp3) is 0.300. The Morgan fingerprint density at radius 2 is 1.81 bits per heavy atom. The lowest BCUT2D eigenvalue weighted by atomic mass is 10.1. The summed E-state index contributed by atoms with van der Waals surface area (Å²) in [6, 6.07) is 9.32. The van der Waals surface area contributed by atoms with Crippen molar-refractivity contribution in [2.24, 2.45) is 4.99 Å². The number of nitrogens with zero attached hydrogens (tertiary/aromatic N) is 2. The Morgan fingerprint density at radius 3 is 2.47 bits per heavy atom. The molecule has 170 valence electrons. The molecular weight excluding hydrogens is 508 g/mol. The van der Waals surface area contributed by atoms with Crippen molar-refractivity contribution in [3.63, 3.8) is 0 Å². The highest BCUT2D eigenvalue weighted by atomic mass is 35.5. The number of anilines is 1. The average Bonchev–Trinajstić information content (AvgIpc) is 3.14. The number of fused-ring (bicyclic) bond motifs is 1. The van der Waals surface area contributed by atoms with Crippen LogP contribution < -0.4 is 4.90 Å². The molecule has 0 saturated carbocycles. The molecule has 2 aliphatic rings. The molecule has 0 bridgehead atoms. The van der Waals surface area contributed by atoms with Crippen molar-refractivity contribution in [2.75, 3.05) is 16.4 Å². The normalized spacial score (nSPS) is 23.5. The Bertz CT molecular complexity index is 1200. The van der Waals surface area contributed by atoms with Gasteiger partial charge in [0.2, 0.25) is 0 Å². The van der Waals surface area contributed by atoms with Gasteiger partial charge in [-0.2, -0.15) is 18.2 Å². The first-order chi connectivity index (χ1) is 14.9. The molecule has 2 saturated heterocycles. The third-order valence-corrected chi connectivity index (χ3v) is 8.88. The van der Waals surface area contributed by atoms with Crippen LogP contribution >= 0.6 is 35.0 Å². The van der Waals surface area contributed by atoms with Gasteiger partial charge in [0.1, 0.15) is 0 Å². The Hall–Kier alpha value is -1.75. The minimum atomic E-state index is -4.69. The molecule has 2 aliphatic heterocycles. The summed E-state index contributed by atoms with van der Waals surface area (Å²) < 4.78 is 64.4. The van der Waals surface area contributed by atoms with E-state index in [-0.39, 0.29) is 28.8 Å². The Labute approximate surface area is 196 Å². The van der Waals surface area contributed by atoms with Crippen molar-refractivity contribution in [3.05, 3.63) is 63.6 Å². The van der Waals surface area contributed by atoms with Gasteiger partial charge in [-0.1, -0.05) is 47.1 Å². The maximum atomic E-state index is 13.4. The average molecular weight is 523 g/mol. The zero-order chi connectivity index (χ0) is 23.3. The van der Waals surface area contributed by atoms with Gasteiger partial charge in [0.05, 0.1) is 34.6 Å². The van der Waals surface area contributed by atoms with Gasteiger partial charge in [0.15, 0.2) is 15.0 Å². The second-order valence-electron chi connectivity index (χ2n) is 7.42. The van der Waals surface area contributed by atoms with Crippen molar-refractivity contribution < 1.29 is 26.4 Å². The molecule has 4 rings (SSSR count). The zero-order valence-corrected chi connectivity index (χ0v) is 19.3. The molecule has 2 heterocycles. The van der Waals surface area contributed by atoms with E-state index < -0.39 is 43.8 Å². The van der Waals surface area contributed by atoms with Crippen LogP contribution in [0.25, 0.3) is 0 Å². The molecule has 5 nitrogen and oxygen atoms in total. The molecule has 0 aromatic heterocycles. The number of hydrogen-bond acceptors (Lipinski definition) is 4. The number of rotatable bonds is 3. The highest BCUT2D eigenvalue weighted by molar-refractivity contribution is 8.16. The monoisotopic (exact) mass is 522 g/mol. The molecule has 2 fully saturated rings. The number of amides is 1. The van der Waals surface area contributed by atoms with E-state index in [2.05, 4.69) is 4.99 Å². The van der Waals surface area contributed by atoms with Crippen molar-refractivity contribution in [1.82, 2.24) is 0 Å². The van der Waals surface area contributed by atoms with E-state index in [1.54, 1.807) is 24.3 Å². The molecule has 0 spiro atoms. The van der Waals surface area contributed by atoms with Crippen LogP contribution in [0.4, 0.5) is 18.9 Å². The lowest BCUT2D eigenvalue weighted by molar-refractivity contribution is -0.137. The minimum Gasteiger partial charge on any atom is -0.316 e. The highest BCUT2D eigenvalue weighted by Gasteiger charge is 2.49. The predicted molar refractivity (Wildman–Crippen MR) is 120 cm³/mol. The number of alkyl halides is 3. The molecule has 0 radical (unpaired) electrons. The van der Waals surface area contributed by atoms with Crippen LogP contribution in [0.5, 0.6) is 0 Å². The van der Waals surface area contributed by atoms with Gasteiger partial charge >= 0.3 is 6.18 Å². The van der Waals surface area contributed by atoms with Crippen LogP contribution in [0.1, 0.15) is 11.1 Å². The van der Waals surface area contributed by atoms with E-state index in [9.17, 15) is 26.4 Å². The lowest BCUT2D eigenvalue weighted by Gasteiger charge is -2.25. The Kier molecular flexibility index (Phi) is 6.26. The summed E-state index contributed by atoms with van der Waals surface area (Å²) in [5, 5.41) is -0.223. The van der Waals surface area contributed by atoms with Crippen molar-refractivity contribution in [3.8, 4) is 0 Å². The standard InChI is InChI=1S/C20H15Cl2F3N2O3S2/c21-12-3-1-11(2-4-12)7-18(28)26-19-27(16-9-32(29,30)10-17(16)31-19)13-5-6-15(22)14(8-13)20(23,24)25/h1-6,8,16-17H,7,9-10H2/t16-,17+/m0/s1. The van der Waals surface area contributed by atoms with E-state index in [4.69, 9.17) is 23.2 Å². The van der Waals surface area contributed by atoms with Gasteiger partial charge in [0, 0.05) is 16.0 Å². The number of benzene rings is 2. The van der Waals surface area contributed by atoms with Gasteiger partial charge in [-0.3, -0.25) is 4.79 Å². The van der Waals surface area contributed by atoms with E-state index in [0.717, 1.165) is 23.9 Å². The van der Waals surface area contributed by atoms with Gasteiger partial charge < -0.3 is 4.90 Å². The van der Waals surface area contributed by atoms with Gasteiger partial charge in [-0.15, -0.1) is 0 Å². The molecule has 32 heavy (non-hydrogen) atoms. The number of hydrogen-bond donors (Lipinski definition) is 0. The van der Waals surface area contributed by atoms with Crippen molar-refractivity contribution >= 4 is 61.6 Å². The van der Waals surface area contributed by atoms with Crippen LogP contribution in [-0.2, 0) is 27.2 Å². The van der Waals surface area contributed by atoms with Gasteiger partial charge in [-0.05, 0) is 35.9 Å². The first-order valence-electron chi connectivity index (χ1n) is 9.32. The second-order valence-corrected chi connectivity index (χ2v) is 11.6. The summed E-state index contributed by atoms with van der Waals surface area (Å²) in [5.41, 5.74) is -0.290. The molecule has 0 N–H and O–H groups in total. The largest absolute Gasteiger partial charge is 0.417 e. The number of carbonyl (C=O) groups excluding carboxylic acids is 1. The first-order valence-corrected chi connectivity index (χ1v) is 12.8. The molecule has 1 amide bonds. The summed E-state index contributed by atoms with van der Waals surface area (Å²) in [5.74, 6) is -0.880. The van der Waals surface area contributed by atoms with Crippen LogP contribution in [0.3, 0.4) is 0 Å². The van der Waals surface area contributed by atoms with Gasteiger partial charge in [0.25, 0.3) is 5.91 Å². The number of amidine groups is 1. The SMILES string of the molecule is O=C(Cc1ccc(Cl)cc1)N=C1S[C@@H]2CS(=O)(=O)C[C@@H]2N1c1ccc(Cl)c(C(F)(F)F)c1. The van der Waals surface area contributed by atoms with E-state index in [1.165, 1.54) is 11.0 Å². The summed E-state index contributed by atoms with van der Waals surface area (Å²) in [6.45, 7) is 0. The minimum absolute atomic E-state index is 0.0306. The number of thioether (sulfide) groups is 1. The number of sulfone groups is 1. The summed E-state index contributed by atoms with van der Waals surface area (Å²) in [4.78, 5) is 18.1. The molecule has 12 heteroatoms. The molecule has 2 aromatic carbocycles. The molecule has 2 atom stereocenters. The highest BCUT2D eigenvalue weighted by Crippen LogP contribution is 2.43. The molecular formula is C20H15Cl2F3N2O3S2. The van der Waals surface area contributed by atoms with E-state index in [1.807, 2.05) is 0 Å². The fourth-order valence-corrected chi connectivity index (χ4v) is 7.95. The van der Waals surface area contributed by atoms with E-state index >= 15 is 0 Å². The first kappa shape index (κ1) is 23.4. The lowest BCUT2D eigenvalue weighted by Crippen LogP contribution is -2.38. The predicted octanol–water partition coefficient (Wildman–Crippen LogP) is 4.86. The topological polar surface area (TPSA) is 66.8 Å². The van der Waals surface area contributed by atoms with E-state index in [0.29, 0.717) is 10.6 Å². The fourth-order valence-electron chi connectivity index (χ4n) is 3.67. The summed E-state index contributed by atoms with van der Waals surface area (Å²) in [6.07, 6.45) is -4.72. The third kappa shape index (κ3) is 4.93. The molecule has 0 unspecified atom stereocenters. The maximum Gasteiger partial charge on any atom is 0.417 e. The number of halogens is 5. The second kappa shape index (κ2) is 8.55. The van der Waals surface area contributed by atoms with Crippen LogP contribution in [-0.4, -0.2) is 42.3 Å². The summed E-state index contributed by atoms with van der Waals surface area (Å²) >= 11 is 12.7. The van der Waals surface area contributed by atoms with Crippen molar-refractivity contribution in [2.45, 2.75) is 23.9 Å². The van der Waals surface area contributed by atoms with Gasteiger partial charge in [-0.25, -0.2) is 8.42 Å². The van der Waals surface area contributed by atoms with Crippen molar-refractivity contribution in [1.29, 1.82) is 0 Å². The van der Waals surface area contributed by atoms with Crippen LogP contribution in [0.15, 0.2) is 47.5 Å². The smallest absolute Gasteiger partial charge is 0.316 e. The quantitative estimate of drug-likeness (QED) is 0.576. The Balaban J connectivity index is 1.70. The summed E-state index contributed by atoms with van der Waals surface area (Å²) in [7, 11) is -3.36. The molecule has 0 aliphatic carbocycles.